The van der Waals surface area contributed by atoms with Crippen molar-refractivity contribution in [3.05, 3.63) is 76.7 Å². The van der Waals surface area contributed by atoms with E-state index in [1.54, 1.807) is 47.6 Å². The van der Waals surface area contributed by atoms with Crippen LogP contribution in [0, 0.1) is 5.82 Å². The minimum absolute atomic E-state index is 0.0624. The van der Waals surface area contributed by atoms with Crippen molar-refractivity contribution in [3.63, 3.8) is 0 Å². The van der Waals surface area contributed by atoms with Crippen molar-refractivity contribution >= 4 is 51.9 Å². The first-order chi connectivity index (χ1) is 16.0. The smallest absolute Gasteiger partial charge is 0.256 e. The van der Waals surface area contributed by atoms with Gasteiger partial charge in [0.25, 0.3) is 5.91 Å². The van der Waals surface area contributed by atoms with E-state index in [4.69, 9.17) is 17.0 Å². The number of thiocarbonyl (C=S) groups is 1. The van der Waals surface area contributed by atoms with E-state index >= 15 is 0 Å². The van der Waals surface area contributed by atoms with E-state index in [1.165, 1.54) is 29.2 Å². The van der Waals surface area contributed by atoms with Gasteiger partial charge in [0, 0.05) is 17.1 Å². The second-order valence-electron chi connectivity index (χ2n) is 7.45. The molecule has 2 aromatic carbocycles. The number of ether oxygens (including phenoxy) is 1. The molecule has 1 aromatic heterocycles. The van der Waals surface area contributed by atoms with Gasteiger partial charge in [-0.1, -0.05) is 6.07 Å². The lowest BCUT2D eigenvalue weighted by atomic mass is 10.1. The molecule has 2 amide bonds. The molecule has 1 fully saturated rings. The summed E-state index contributed by atoms with van der Waals surface area (Å²) in [5.74, 6) is -0.327. The lowest BCUT2D eigenvalue weighted by Gasteiger charge is -2.23. The third-order valence-corrected chi connectivity index (χ3v) is 6.69. The fourth-order valence-electron chi connectivity index (χ4n) is 3.66. The molecule has 3 aromatic rings. The van der Waals surface area contributed by atoms with Crippen molar-refractivity contribution in [2.75, 3.05) is 23.9 Å². The fraction of sp³-hybridized carbons (Fsp3) is 0.208. The predicted molar refractivity (Wildman–Crippen MR) is 131 cm³/mol. The average Bonchev–Trinajstić information content (AvgIpc) is 3.41. The van der Waals surface area contributed by atoms with Gasteiger partial charge in [-0.15, -0.1) is 11.3 Å². The molecule has 1 atom stereocenters. The number of anilines is 2. The molecule has 0 aliphatic carbocycles. The first-order valence-electron chi connectivity index (χ1n) is 10.3. The molecule has 1 N–H and O–H groups in total. The summed E-state index contributed by atoms with van der Waals surface area (Å²) in [5.41, 5.74) is 1.08. The Kier molecular flexibility index (Phi) is 7.00. The Balaban J connectivity index is 1.53. The summed E-state index contributed by atoms with van der Waals surface area (Å²) in [6, 6.07) is 15.8. The highest BCUT2D eigenvalue weighted by Crippen LogP contribution is 2.28. The maximum absolute atomic E-state index is 13.4. The first kappa shape index (κ1) is 22.9. The molecule has 1 aliphatic heterocycles. The first-order valence-corrected chi connectivity index (χ1v) is 11.6. The normalized spacial score (nSPS) is 15.8. The van der Waals surface area contributed by atoms with Crippen molar-refractivity contribution in [2.24, 2.45) is 0 Å². The Morgan fingerprint density at radius 1 is 1.15 bits per heavy atom. The maximum Gasteiger partial charge on any atom is 0.256 e. The van der Waals surface area contributed by atoms with Crippen LogP contribution >= 0.6 is 23.6 Å². The topological polar surface area (TPSA) is 61.9 Å². The van der Waals surface area contributed by atoms with Gasteiger partial charge in [-0.2, -0.15) is 0 Å². The number of rotatable bonds is 8. The Labute approximate surface area is 200 Å². The van der Waals surface area contributed by atoms with Gasteiger partial charge in [0.1, 0.15) is 17.6 Å². The summed E-state index contributed by atoms with van der Waals surface area (Å²) in [5, 5.41) is 5.13. The lowest BCUT2D eigenvalue weighted by Crippen LogP contribution is -2.39. The van der Waals surface area contributed by atoms with Gasteiger partial charge in [0.05, 0.1) is 19.2 Å². The van der Waals surface area contributed by atoms with Crippen LogP contribution in [-0.2, 0) is 16.0 Å². The lowest BCUT2D eigenvalue weighted by molar-refractivity contribution is -0.124. The van der Waals surface area contributed by atoms with Gasteiger partial charge in [-0.05, 0) is 78.6 Å². The second-order valence-corrected chi connectivity index (χ2v) is 8.85. The van der Waals surface area contributed by atoms with E-state index < -0.39 is 11.9 Å². The number of amides is 2. The van der Waals surface area contributed by atoms with Crippen LogP contribution in [0.4, 0.5) is 15.8 Å². The number of thiophene rings is 1. The molecule has 0 saturated carbocycles. The average molecular weight is 484 g/mol. The second kappa shape index (κ2) is 10.1. The van der Waals surface area contributed by atoms with Gasteiger partial charge >= 0.3 is 0 Å². The van der Waals surface area contributed by atoms with Crippen LogP contribution in [0.2, 0.25) is 0 Å². The van der Waals surface area contributed by atoms with E-state index in [-0.39, 0.29) is 18.2 Å². The third-order valence-electron chi connectivity index (χ3n) is 5.34. The number of hydrogen-bond acceptors (Lipinski definition) is 5. The number of carbonyl (C=O) groups is 2. The fourth-order valence-corrected chi connectivity index (χ4v) is 4.77. The zero-order chi connectivity index (χ0) is 23.4. The number of carbonyl (C=O) groups excluding carboxylic acids is 2. The summed E-state index contributed by atoms with van der Waals surface area (Å²) in [6.45, 7) is 0.489. The molecule has 33 heavy (non-hydrogen) atoms. The highest BCUT2D eigenvalue weighted by atomic mass is 32.1. The largest absolute Gasteiger partial charge is 0.497 e. The Bertz CT molecular complexity index is 1130. The summed E-state index contributed by atoms with van der Waals surface area (Å²) in [7, 11) is 1.57. The van der Waals surface area contributed by atoms with Crippen molar-refractivity contribution in [1.82, 2.24) is 4.90 Å². The summed E-state index contributed by atoms with van der Waals surface area (Å²) in [4.78, 5) is 30.5. The number of halogens is 1. The zero-order valence-electron chi connectivity index (χ0n) is 17.9. The molecule has 1 saturated heterocycles. The molecular weight excluding hydrogens is 461 g/mol. The molecule has 0 bridgehead atoms. The minimum Gasteiger partial charge on any atom is -0.497 e. The Morgan fingerprint density at radius 2 is 1.88 bits per heavy atom. The summed E-state index contributed by atoms with van der Waals surface area (Å²) in [6.07, 6.45) is 0.631. The van der Waals surface area contributed by atoms with E-state index in [1.807, 2.05) is 17.5 Å². The molecule has 0 radical (unpaired) electrons. The molecule has 1 unspecified atom stereocenters. The summed E-state index contributed by atoms with van der Waals surface area (Å²) >= 11 is 7.26. The minimum atomic E-state index is -0.749. The summed E-state index contributed by atoms with van der Waals surface area (Å²) < 4.78 is 18.6. The van der Waals surface area contributed by atoms with E-state index in [0.29, 0.717) is 35.2 Å². The quantitative estimate of drug-likeness (QED) is 0.479. The van der Waals surface area contributed by atoms with Crippen LogP contribution in [0.1, 0.15) is 11.3 Å². The number of nitrogens with zero attached hydrogens (tertiary/aromatic N) is 2. The number of hydrogen-bond donors (Lipinski definition) is 1. The van der Waals surface area contributed by atoms with Crippen molar-refractivity contribution < 1.29 is 18.7 Å². The number of nitrogens with one attached hydrogen (secondary N) is 1. The highest BCUT2D eigenvalue weighted by molar-refractivity contribution is 7.80. The standard InChI is InChI=1S/C24H22FN3O3S2/c1-31-19-10-6-17(7-11-19)26-22(29)15-21-23(30)28(18-8-4-16(25)5-9-18)24(32)27(21)13-12-20-3-2-14-33-20/h2-11,14,21H,12-13,15H2,1H3,(H,26,29). The van der Waals surface area contributed by atoms with Gasteiger partial charge in [0.15, 0.2) is 5.11 Å². The Hall–Kier alpha value is -3.30. The van der Waals surface area contributed by atoms with Crippen molar-refractivity contribution in [3.8, 4) is 5.75 Å². The SMILES string of the molecule is COc1ccc(NC(=O)CC2C(=O)N(c3ccc(F)cc3)C(=S)N2CCc2cccs2)cc1. The predicted octanol–water partition coefficient (Wildman–Crippen LogP) is 4.47. The molecule has 6 nitrogen and oxygen atoms in total. The van der Waals surface area contributed by atoms with Crippen LogP contribution in [0.25, 0.3) is 0 Å². The van der Waals surface area contributed by atoms with Crippen LogP contribution in [0.5, 0.6) is 5.75 Å². The Morgan fingerprint density at radius 3 is 2.52 bits per heavy atom. The van der Waals surface area contributed by atoms with Gasteiger partial charge < -0.3 is 15.0 Å². The van der Waals surface area contributed by atoms with Crippen LogP contribution in [0.3, 0.4) is 0 Å². The van der Waals surface area contributed by atoms with Crippen LogP contribution in [0.15, 0.2) is 66.0 Å². The molecule has 0 spiro atoms. The highest BCUT2D eigenvalue weighted by Gasteiger charge is 2.43. The monoisotopic (exact) mass is 483 g/mol. The third kappa shape index (κ3) is 5.20. The molecule has 4 rings (SSSR count). The molecular formula is C24H22FN3O3S2. The molecule has 170 valence electrons. The molecule has 9 heteroatoms. The van der Waals surface area contributed by atoms with Crippen LogP contribution < -0.4 is 15.0 Å². The van der Waals surface area contributed by atoms with Crippen molar-refractivity contribution in [2.45, 2.75) is 18.9 Å². The molecule has 1 aliphatic rings. The van der Waals surface area contributed by atoms with Gasteiger partial charge in [0.2, 0.25) is 5.91 Å². The van der Waals surface area contributed by atoms with Crippen molar-refractivity contribution in [1.29, 1.82) is 0 Å². The van der Waals surface area contributed by atoms with Gasteiger partial charge in [-0.3, -0.25) is 14.5 Å². The van der Waals surface area contributed by atoms with E-state index in [0.717, 1.165) is 4.88 Å². The van der Waals surface area contributed by atoms with Gasteiger partial charge in [-0.25, -0.2) is 4.39 Å². The van der Waals surface area contributed by atoms with E-state index in [2.05, 4.69) is 5.32 Å². The zero-order valence-corrected chi connectivity index (χ0v) is 19.5. The maximum atomic E-state index is 13.4. The number of methoxy groups -OCH3 is 1. The van der Waals surface area contributed by atoms with E-state index in [9.17, 15) is 14.0 Å². The van der Waals surface area contributed by atoms with Crippen LogP contribution in [-0.4, -0.2) is 41.5 Å². The molecule has 2 heterocycles. The number of benzene rings is 2.